The fourth-order valence-electron chi connectivity index (χ4n) is 1.04. The number of rotatable bonds is 1. The largest absolute Gasteiger partial charge is 0.405 e. The van der Waals surface area contributed by atoms with E-state index in [9.17, 15) is 0 Å². The average Bonchev–Trinajstić information content (AvgIpc) is 2.54. The van der Waals surface area contributed by atoms with Crippen LogP contribution in [0.25, 0.3) is 11.5 Å². The van der Waals surface area contributed by atoms with Gasteiger partial charge in [0, 0.05) is 12.0 Å². The second-order valence-corrected chi connectivity index (χ2v) is 2.54. The van der Waals surface area contributed by atoms with E-state index >= 15 is 0 Å². The minimum Gasteiger partial charge on any atom is -0.382 e. The van der Waals surface area contributed by atoms with Crippen LogP contribution in [0.3, 0.4) is 0 Å². The molecule has 0 atom stereocenters. The quantitative estimate of drug-likeness (QED) is 0.635. The first kappa shape index (κ1) is 7.03. The van der Waals surface area contributed by atoms with Crippen molar-refractivity contribution in [3.05, 3.63) is 36.2 Å². The van der Waals surface area contributed by atoms with Crippen LogP contribution in [0.4, 0.5) is 0 Å². The Bertz CT molecular complexity index is 367. The Morgan fingerprint density at radius 3 is 2.58 bits per heavy atom. The van der Waals surface area contributed by atoms with Crippen molar-refractivity contribution in [1.82, 2.24) is 5.10 Å². The van der Waals surface area contributed by atoms with Gasteiger partial charge in [-0.05, 0) is 12.1 Å². The Kier molecular flexibility index (Phi) is 1.63. The van der Waals surface area contributed by atoms with Crippen molar-refractivity contribution < 1.29 is 9.52 Å². The number of hydrogen-bond acceptors (Lipinski definition) is 2. The third kappa shape index (κ3) is 1.21. The minimum atomic E-state index is 0.647. The molecule has 12 heavy (non-hydrogen) atoms. The van der Waals surface area contributed by atoms with Gasteiger partial charge in [-0.2, -0.15) is 0 Å². The molecule has 0 amide bonds. The van der Waals surface area contributed by atoms with Gasteiger partial charge in [-0.25, -0.2) is 0 Å². The van der Waals surface area contributed by atoms with Crippen LogP contribution in [0.2, 0.25) is 0 Å². The van der Waals surface area contributed by atoms with E-state index < -0.39 is 0 Å². The van der Waals surface area contributed by atoms with Gasteiger partial charge in [-0.3, -0.25) is 0 Å². The molecule has 0 bridgehead atoms. The maximum absolute atomic E-state index is 5.30. The highest BCUT2D eigenvalue weighted by atomic mass is 16.4. The highest BCUT2D eigenvalue weighted by Gasteiger charge is 2.10. The number of nitrogens with zero attached hydrogens (tertiary/aromatic N) is 1. The summed E-state index contributed by atoms with van der Waals surface area (Å²) < 4.78 is 5.30. The van der Waals surface area contributed by atoms with Gasteiger partial charge in [-0.15, -0.1) is 0 Å². The van der Waals surface area contributed by atoms with Gasteiger partial charge in [0.25, 0.3) is 5.89 Å². The van der Waals surface area contributed by atoms with Crippen molar-refractivity contribution in [2.24, 2.45) is 0 Å². The Labute approximate surface area is 70.1 Å². The summed E-state index contributed by atoms with van der Waals surface area (Å²) in [7, 11) is 0. The molecule has 1 N–H and O–H groups in total. The van der Waals surface area contributed by atoms with Gasteiger partial charge in [0.1, 0.15) is 0 Å². The van der Waals surface area contributed by atoms with Crippen molar-refractivity contribution >= 4 is 0 Å². The molecule has 0 aliphatic carbocycles. The smallest absolute Gasteiger partial charge is 0.382 e. The third-order valence-corrected chi connectivity index (χ3v) is 1.60. The Morgan fingerprint density at radius 2 is 2.00 bits per heavy atom. The monoisotopic (exact) mass is 161 g/mol. The fourth-order valence-corrected chi connectivity index (χ4v) is 1.04. The Balaban J connectivity index is 2.45. The lowest BCUT2D eigenvalue weighted by Gasteiger charge is -1.85. The third-order valence-electron chi connectivity index (χ3n) is 1.60. The first-order chi connectivity index (χ1) is 5.86. The summed E-state index contributed by atoms with van der Waals surface area (Å²) in [6.45, 7) is 1.81. The Morgan fingerprint density at radius 1 is 1.25 bits per heavy atom. The van der Waals surface area contributed by atoms with Gasteiger partial charge >= 0.3 is 5.89 Å². The molecular weight excluding hydrogens is 152 g/mol. The van der Waals surface area contributed by atoms with Crippen LogP contribution in [0.1, 0.15) is 5.89 Å². The number of H-pyrrole nitrogens is 1. The summed E-state index contributed by atoms with van der Waals surface area (Å²) in [5.74, 6) is 1.35. The van der Waals surface area contributed by atoms with Gasteiger partial charge in [0.2, 0.25) is 0 Å². The van der Waals surface area contributed by atoms with Crippen molar-refractivity contribution in [3.63, 3.8) is 0 Å². The molecule has 2 rings (SSSR count). The van der Waals surface area contributed by atoms with E-state index in [0.29, 0.717) is 11.8 Å². The zero-order valence-corrected chi connectivity index (χ0v) is 6.74. The standard InChI is InChI=1S/C9H8N2O/c1-7-10-11-9(12-7)8-5-3-2-4-6-8/h2-6H,1H3/p+1. The molecule has 0 saturated heterocycles. The van der Waals surface area contributed by atoms with Crippen molar-refractivity contribution in [3.8, 4) is 11.5 Å². The topological polar surface area (TPSA) is 40.2 Å². The van der Waals surface area contributed by atoms with Gasteiger partial charge in [0.05, 0.1) is 5.56 Å². The van der Waals surface area contributed by atoms with Gasteiger partial charge in [-0.1, -0.05) is 23.3 Å². The van der Waals surface area contributed by atoms with Crippen LogP contribution in [-0.2, 0) is 0 Å². The Hall–Kier alpha value is -1.64. The average molecular weight is 161 g/mol. The summed E-state index contributed by atoms with van der Waals surface area (Å²) in [6.07, 6.45) is 0. The van der Waals surface area contributed by atoms with E-state index in [0.717, 1.165) is 5.56 Å². The van der Waals surface area contributed by atoms with Crippen LogP contribution in [0.15, 0.2) is 34.7 Å². The summed E-state index contributed by atoms with van der Waals surface area (Å²) >= 11 is 0. The summed E-state index contributed by atoms with van der Waals surface area (Å²) in [4.78, 5) is 0. The summed E-state index contributed by atoms with van der Waals surface area (Å²) in [6, 6.07) is 9.82. The van der Waals surface area contributed by atoms with E-state index in [-0.39, 0.29) is 0 Å². The van der Waals surface area contributed by atoms with E-state index in [1.54, 1.807) is 0 Å². The number of aryl methyl sites for hydroxylation is 1. The lowest BCUT2D eigenvalue weighted by molar-refractivity contribution is -0.442. The van der Waals surface area contributed by atoms with Gasteiger partial charge in [0.15, 0.2) is 0 Å². The molecule has 3 heteroatoms. The number of nitrogens with one attached hydrogen (secondary N) is 1. The van der Waals surface area contributed by atoms with E-state index in [4.69, 9.17) is 4.42 Å². The van der Waals surface area contributed by atoms with Crippen LogP contribution in [0.5, 0.6) is 0 Å². The fraction of sp³-hybridized carbons (Fsp3) is 0.111. The van der Waals surface area contributed by atoms with Crippen molar-refractivity contribution in [2.75, 3.05) is 0 Å². The predicted octanol–water partition coefficient (Wildman–Crippen LogP) is 1.46. The number of aromatic amines is 1. The number of benzene rings is 1. The second kappa shape index (κ2) is 2.77. The first-order valence-electron chi connectivity index (χ1n) is 3.77. The summed E-state index contributed by atoms with van der Waals surface area (Å²) in [5, 5.41) is 6.71. The number of hydrogen-bond donors (Lipinski definition) is 0. The molecule has 0 unspecified atom stereocenters. The molecule has 1 aromatic heterocycles. The molecule has 1 aromatic carbocycles. The maximum atomic E-state index is 5.30. The molecule has 60 valence electrons. The van der Waals surface area contributed by atoms with E-state index in [1.807, 2.05) is 37.3 Å². The molecule has 3 nitrogen and oxygen atoms in total. The van der Waals surface area contributed by atoms with Crippen LogP contribution < -0.4 is 5.10 Å². The van der Waals surface area contributed by atoms with Gasteiger partial charge < -0.3 is 4.42 Å². The molecule has 1 heterocycles. The summed E-state index contributed by atoms with van der Waals surface area (Å²) in [5.41, 5.74) is 1.01. The van der Waals surface area contributed by atoms with Crippen molar-refractivity contribution in [2.45, 2.75) is 6.92 Å². The minimum absolute atomic E-state index is 0.647. The zero-order valence-electron chi connectivity index (χ0n) is 6.74. The molecule has 0 radical (unpaired) electrons. The SMILES string of the molecule is Cc1n[nH+]c(-c2ccccc2)o1. The maximum Gasteiger partial charge on any atom is 0.405 e. The number of aromatic nitrogens is 2. The second-order valence-electron chi connectivity index (χ2n) is 2.54. The highest BCUT2D eigenvalue weighted by Crippen LogP contribution is 2.13. The lowest BCUT2D eigenvalue weighted by atomic mass is 10.2. The molecule has 2 aromatic rings. The van der Waals surface area contributed by atoms with Crippen LogP contribution >= 0.6 is 0 Å². The molecule has 0 spiro atoms. The van der Waals surface area contributed by atoms with Crippen LogP contribution in [0, 0.1) is 6.92 Å². The lowest BCUT2D eigenvalue weighted by Crippen LogP contribution is -2.04. The predicted molar refractivity (Wildman–Crippen MR) is 43.2 cm³/mol. The van der Waals surface area contributed by atoms with E-state index in [1.165, 1.54) is 0 Å². The van der Waals surface area contributed by atoms with Crippen LogP contribution in [-0.4, -0.2) is 5.10 Å². The van der Waals surface area contributed by atoms with Crippen molar-refractivity contribution in [1.29, 1.82) is 0 Å². The molecular formula is C9H9N2O+. The van der Waals surface area contributed by atoms with E-state index in [2.05, 4.69) is 10.2 Å². The molecule has 0 aliphatic rings. The highest BCUT2D eigenvalue weighted by molar-refractivity contribution is 5.48. The normalized spacial score (nSPS) is 10.1. The molecule has 0 saturated carbocycles. The molecule has 0 fully saturated rings. The first-order valence-corrected chi connectivity index (χ1v) is 3.77. The zero-order chi connectivity index (χ0) is 8.39. The molecule has 0 aliphatic heterocycles.